The minimum Gasteiger partial charge on any atom is -0.332 e. The molecule has 0 unspecified atom stereocenters. The fraction of sp³-hybridized carbons (Fsp3) is 0.250. The summed E-state index contributed by atoms with van der Waals surface area (Å²) < 4.78 is 26.8. The lowest BCUT2D eigenvalue weighted by atomic mass is 10.2. The zero-order valence-corrected chi connectivity index (χ0v) is 12.3. The molecule has 1 heterocycles. The molecule has 0 saturated carbocycles. The molecule has 0 aliphatic heterocycles. The highest BCUT2D eigenvalue weighted by Crippen LogP contribution is 2.26. The molecule has 0 atom stereocenters. The first-order chi connectivity index (χ1) is 9.85. The van der Waals surface area contributed by atoms with Crippen LogP contribution in [0.3, 0.4) is 0 Å². The molecule has 2 N–H and O–H groups in total. The van der Waals surface area contributed by atoms with E-state index < -0.39 is 14.9 Å². The van der Waals surface area contributed by atoms with Gasteiger partial charge in [0.05, 0.1) is 22.4 Å². The second-order valence-corrected chi connectivity index (χ2v) is 6.01. The molecule has 0 radical (unpaired) electrons. The SMILES string of the molecule is CCc1ncc(S(=O)(=O)Nc2cccc([N+](=O)[O-])c2C)[nH]1. The van der Waals surface area contributed by atoms with Gasteiger partial charge in [-0.3, -0.25) is 14.8 Å². The maximum Gasteiger partial charge on any atom is 0.278 e. The molecular formula is C12H14N4O4S. The summed E-state index contributed by atoms with van der Waals surface area (Å²) in [4.78, 5) is 16.9. The number of rotatable bonds is 5. The van der Waals surface area contributed by atoms with Gasteiger partial charge in [-0.1, -0.05) is 13.0 Å². The maximum atomic E-state index is 12.2. The molecule has 21 heavy (non-hydrogen) atoms. The van der Waals surface area contributed by atoms with Crippen LogP contribution in [-0.4, -0.2) is 23.3 Å². The van der Waals surface area contributed by atoms with Gasteiger partial charge in [0.2, 0.25) is 0 Å². The summed E-state index contributed by atoms with van der Waals surface area (Å²) in [6, 6.07) is 4.21. The van der Waals surface area contributed by atoms with Crippen LogP contribution in [0.4, 0.5) is 11.4 Å². The third-order valence-corrected chi connectivity index (χ3v) is 4.25. The zero-order chi connectivity index (χ0) is 15.6. The number of aromatic nitrogens is 2. The Balaban J connectivity index is 2.37. The van der Waals surface area contributed by atoms with E-state index in [-0.39, 0.29) is 22.0 Å². The Bertz CT molecular complexity index is 782. The first-order valence-electron chi connectivity index (χ1n) is 6.16. The predicted molar refractivity (Wildman–Crippen MR) is 76.6 cm³/mol. The van der Waals surface area contributed by atoms with Gasteiger partial charge in [-0.05, 0) is 13.0 Å². The number of nitro benzene ring substituents is 1. The van der Waals surface area contributed by atoms with Gasteiger partial charge in [-0.15, -0.1) is 0 Å². The van der Waals surface area contributed by atoms with E-state index in [0.29, 0.717) is 12.2 Å². The van der Waals surface area contributed by atoms with Crippen molar-refractivity contribution < 1.29 is 13.3 Å². The van der Waals surface area contributed by atoms with Gasteiger partial charge in [-0.2, -0.15) is 8.42 Å². The van der Waals surface area contributed by atoms with Gasteiger partial charge in [-0.25, -0.2) is 4.98 Å². The number of nitrogens with one attached hydrogen (secondary N) is 2. The van der Waals surface area contributed by atoms with E-state index in [1.54, 1.807) is 0 Å². The van der Waals surface area contributed by atoms with E-state index in [1.807, 2.05) is 6.92 Å². The first kappa shape index (κ1) is 15.0. The van der Waals surface area contributed by atoms with E-state index in [4.69, 9.17) is 0 Å². The summed E-state index contributed by atoms with van der Waals surface area (Å²) >= 11 is 0. The molecule has 0 amide bonds. The van der Waals surface area contributed by atoms with Crippen LogP contribution in [0.1, 0.15) is 18.3 Å². The fourth-order valence-electron chi connectivity index (χ4n) is 1.79. The van der Waals surface area contributed by atoms with E-state index in [2.05, 4.69) is 14.7 Å². The van der Waals surface area contributed by atoms with Crippen LogP contribution in [-0.2, 0) is 16.4 Å². The largest absolute Gasteiger partial charge is 0.332 e. The van der Waals surface area contributed by atoms with Crippen molar-refractivity contribution >= 4 is 21.4 Å². The molecule has 112 valence electrons. The summed E-state index contributed by atoms with van der Waals surface area (Å²) in [5, 5.41) is 10.8. The average Bonchev–Trinajstić information content (AvgIpc) is 2.90. The van der Waals surface area contributed by atoms with Crippen molar-refractivity contribution in [3.05, 3.63) is 45.9 Å². The Kier molecular flexibility index (Phi) is 3.94. The van der Waals surface area contributed by atoms with Crippen LogP contribution in [0, 0.1) is 17.0 Å². The number of aryl methyl sites for hydroxylation is 1. The van der Waals surface area contributed by atoms with Crippen molar-refractivity contribution in [1.29, 1.82) is 0 Å². The Morgan fingerprint density at radius 3 is 2.71 bits per heavy atom. The lowest BCUT2D eigenvalue weighted by Crippen LogP contribution is -2.14. The van der Waals surface area contributed by atoms with E-state index in [1.165, 1.54) is 31.3 Å². The summed E-state index contributed by atoms with van der Waals surface area (Å²) in [5.41, 5.74) is 0.271. The number of H-pyrrole nitrogens is 1. The molecule has 0 spiro atoms. The molecule has 1 aromatic heterocycles. The molecule has 0 aliphatic rings. The number of nitro groups is 1. The third kappa shape index (κ3) is 3.02. The summed E-state index contributed by atoms with van der Waals surface area (Å²) in [6.07, 6.45) is 1.79. The molecular weight excluding hydrogens is 296 g/mol. The quantitative estimate of drug-likeness (QED) is 0.646. The van der Waals surface area contributed by atoms with Crippen LogP contribution in [0.2, 0.25) is 0 Å². The second kappa shape index (κ2) is 5.52. The van der Waals surface area contributed by atoms with Gasteiger partial charge < -0.3 is 4.98 Å². The summed E-state index contributed by atoms with van der Waals surface area (Å²) in [7, 11) is -3.86. The molecule has 0 aliphatic carbocycles. The van der Waals surface area contributed by atoms with E-state index >= 15 is 0 Å². The van der Waals surface area contributed by atoms with Crippen LogP contribution in [0.5, 0.6) is 0 Å². The summed E-state index contributed by atoms with van der Waals surface area (Å²) in [5.74, 6) is 0.547. The van der Waals surface area contributed by atoms with Gasteiger partial charge in [0.15, 0.2) is 5.03 Å². The van der Waals surface area contributed by atoms with Gasteiger partial charge in [0.25, 0.3) is 15.7 Å². The predicted octanol–water partition coefficient (Wildman–Crippen LogP) is 1.99. The number of nitrogens with zero attached hydrogens (tertiary/aromatic N) is 2. The number of aromatic amines is 1. The number of anilines is 1. The number of benzene rings is 1. The monoisotopic (exact) mass is 310 g/mol. The first-order valence-corrected chi connectivity index (χ1v) is 7.64. The van der Waals surface area contributed by atoms with Crippen LogP contribution < -0.4 is 4.72 Å². The number of imidazole rings is 1. The molecule has 2 aromatic rings. The second-order valence-electron chi connectivity index (χ2n) is 4.36. The van der Waals surface area contributed by atoms with Crippen LogP contribution in [0.25, 0.3) is 0 Å². The summed E-state index contributed by atoms with van der Waals surface area (Å²) in [6.45, 7) is 3.33. The Morgan fingerprint density at radius 1 is 1.43 bits per heavy atom. The van der Waals surface area contributed by atoms with Crippen molar-refractivity contribution in [2.45, 2.75) is 25.3 Å². The van der Waals surface area contributed by atoms with E-state index in [0.717, 1.165) is 0 Å². The molecule has 2 rings (SSSR count). The van der Waals surface area contributed by atoms with Crippen molar-refractivity contribution in [2.24, 2.45) is 0 Å². The minimum absolute atomic E-state index is 0.0785. The van der Waals surface area contributed by atoms with Crippen molar-refractivity contribution in [3.63, 3.8) is 0 Å². The zero-order valence-electron chi connectivity index (χ0n) is 11.5. The highest BCUT2D eigenvalue weighted by Gasteiger charge is 2.20. The van der Waals surface area contributed by atoms with Crippen molar-refractivity contribution in [3.8, 4) is 0 Å². The maximum absolute atomic E-state index is 12.2. The van der Waals surface area contributed by atoms with Crippen molar-refractivity contribution in [1.82, 2.24) is 9.97 Å². The molecule has 0 fully saturated rings. The van der Waals surface area contributed by atoms with E-state index in [9.17, 15) is 18.5 Å². The van der Waals surface area contributed by atoms with Crippen molar-refractivity contribution in [2.75, 3.05) is 4.72 Å². The number of sulfonamides is 1. The minimum atomic E-state index is -3.86. The highest BCUT2D eigenvalue weighted by atomic mass is 32.2. The smallest absolute Gasteiger partial charge is 0.278 e. The molecule has 8 nitrogen and oxygen atoms in total. The Hall–Kier alpha value is -2.42. The third-order valence-electron chi connectivity index (χ3n) is 2.98. The van der Waals surface area contributed by atoms with Gasteiger partial charge in [0.1, 0.15) is 5.82 Å². The highest BCUT2D eigenvalue weighted by molar-refractivity contribution is 7.92. The van der Waals surface area contributed by atoms with Crippen LogP contribution >= 0.6 is 0 Å². The number of hydrogen-bond donors (Lipinski definition) is 2. The van der Waals surface area contributed by atoms with Crippen LogP contribution in [0.15, 0.2) is 29.4 Å². The number of hydrogen-bond acceptors (Lipinski definition) is 5. The molecule has 0 bridgehead atoms. The lowest BCUT2D eigenvalue weighted by molar-refractivity contribution is -0.385. The lowest BCUT2D eigenvalue weighted by Gasteiger charge is -2.09. The normalized spacial score (nSPS) is 11.3. The molecule has 0 saturated heterocycles. The molecule has 9 heteroatoms. The topological polar surface area (TPSA) is 118 Å². The van der Waals surface area contributed by atoms with Gasteiger partial charge >= 0.3 is 0 Å². The fourth-order valence-corrected chi connectivity index (χ4v) is 2.86. The average molecular weight is 310 g/mol. The Labute approximate surface area is 121 Å². The standard InChI is InChI=1S/C12H14N4O4S/c1-3-11-13-7-12(14-11)21(19,20)15-9-5-4-6-10(8(9)2)16(17)18/h4-7,15H,3H2,1-2H3,(H,13,14). The van der Waals surface area contributed by atoms with Gasteiger partial charge in [0, 0.05) is 12.5 Å². The Morgan fingerprint density at radius 2 is 2.14 bits per heavy atom. The molecule has 1 aromatic carbocycles.